The minimum atomic E-state index is -5.73. The lowest BCUT2D eigenvalue weighted by molar-refractivity contribution is -0.231. The van der Waals surface area contributed by atoms with Gasteiger partial charge in [-0.25, -0.2) is 13.2 Å². The molecule has 8 heteroatoms. The Morgan fingerprint density at radius 1 is 1.08 bits per heavy atom. The molecule has 0 rings (SSSR count). The molecule has 0 saturated carbocycles. The first-order valence-electron chi connectivity index (χ1n) is 2.74. The van der Waals surface area contributed by atoms with E-state index in [1.807, 2.05) is 0 Å². The van der Waals surface area contributed by atoms with Crippen LogP contribution in [0.3, 0.4) is 0 Å². The summed E-state index contributed by atoms with van der Waals surface area (Å²) in [4.78, 5) is 0. The van der Waals surface area contributed by atoms with E-state index < -0.39 is 17.7 Å². The SMILES string of the molecule is COC.FC(F)C(F)(Cl)C(F)(F)F. The highest BCUT2D eigenvalue weighted by Gasteiger charge is 2.61. The van der Waals surface area contributed by atoms with Crippen LogP contribution in [-0.2, 0) is 4.74 Å². The van der Waals surface area contributed by atoms with Crippen LogP contribution in [0.2, 0.25) is 0 Å². The topological polar surface area (TPSA) is 9.23 Å². The molecule has 13 heavy (non-hydrogen) atoms. The predicted octanol–water partition coefficient (Wildman–Crippen LogP) is 2.98. The van der Waals surface area contributed by atoms with Crippen LogP contribution in [0, 0.1) is 0 Å². The molecule has 0 aromatic rings. The van der Waals surface area contributed by atoms with Gasteiger partial charge in [0.15, 0.2) is 0 Å². The lowest BCUT2D eigenvalue weighted by Crippen LogP contribution is -2.41. The van der Waals surface area contributed by atoms with E-state index in [1.54, 1.807) is 14.2 Å². The van der Waals surface area contributed by atoms with Crippen LogP contribution in [0.15, 0.2) is 0 Å². The largest absolute Gasteiger partial charge is 0.442 e. The molecule has 0 aromatic heterocycles. The molecule has 0 aromatic carbocycles. The summed E-state index contributed by atoms with van der Waals surface area (Å²) in [6.07, 6.45) is -10.0. The van der Waals surface area contributed by atoms with Crippen LogP contribution < -0.4 is 0 Å². The van der Waals surface area contributed by atoms with Crippen molar-refractivity contribution in [1.29, 1.82) is 0 Å². The van der Waals surface area contributed by atoms with Gasteiger partial charge in [0, 0.05) is 14.2 Å². The third-order valence-electron chi connectivity index (χ3n) is 0.652. The number of ether oxygens (including phenoxy) is 1. The van der Waals surface area contributed by atoms with Crippen molar-refractivity contribution in [1.82, 2.24) is 0 Å². The second-order valence-electron chi connectivity index (χ2n) is 1.83. The Morgan fingerprint density at radius 2 is 1.31 bits per heavy atom. The van der Waals surface area contributed by atoms with Gasteiger partial charge in [0.05, 0.1) is 0 Å². The molecule has 1 nitrogen and oxygen atoms in total. The highest BCUT2D eigenvalue weighted by atomic mass is 35.5. The standard InChI is InChI=1S/C3HClF6.C2H6O/c4-2(7,1(5)6)3(8,9)10;1-3-2/h1H;1-2H3. The van der Waals surface area contributed by atoms with Crippen LogP contribution in [0.4, 0.5) is 26.3 Å². The van der Waals surface area contributed by atoms with Crippen molar-refractivity contribution in [3.8, 4) is 0 Å². The molecule has 0 aliphatic carbocycles. The van der Waals surface area contributed by atoms with Gasteiger partial charge in [-0.1, -0.05) is 11.6 Å². The van der Waals surface area contributed by atoms with E-state index in [2.05, 4.69) is 16.3 Å². The molecule has 0 N–H and O–H groups in total. The molecule has 0 bridgehead atoms. The summed E-state index contributed by atoms with van der Waals surface area (Å²) >= 11 is 3.81. The van der Waals surface area contributed by atoms with Crippen molar-refractivity contribution < 1.29 is 31.1 Å². The minimum Gasteiger partial charge on any atom is -0.388 e. The fraction of sp³-hybridized carbons (Fsp3) is 1.00. The molecule has 1 atom stereocenters. The van der Waals surface area contributed by atoms with E-state index in [1.165, 1.54) is 0 Å². The molecule has 1 unspecified atom stereocenters. The average molecular weight is 233 g/mol. The first-order valence-corrected chi connectivity index (χ1v) is 3.11. The molecule has 0 aliphatic heterocycles. The molecule has 0 saturated heterocycles. The third-order valence-corrected chi connectivity index (χ3v) is 1.03. The quantitative estimate of drug-likeness (QED) is 0.499. The average Bonchev–Trinajstić information content (AvgIpc) is 1.86. The Kier molecular flexibility index (Phi) is 6.52. The molecule has 0 spiro atoms. The number of halogens is 7. The monoisotopic (exact) mass is 232 g/mol. The number of alkyl halides is 7. The molecule has 0 aliphatic rings. The zero-order valence-corrected chi connectivity index (χ0v) is 7.39. The molecule has 82 valence electrons. The van der Waals surface area contributed by atoms with Gasteiger partial charge < -0.3 is 4.74 Å². The zero-order valence-electron chi connectivity index (χ0n) is 6.63. The molecular formula is C5H7ClF6O. The van der Waals surface area contributed by atoms with E-state index >= 15 is 0 Å². The van der Waals surface area contributed by atoms with E-state index in [0.717, 1.165) is 0 Å². The molecule has 0 amide bonds. The fourth-order valence-electron chi connectivity index (χ4n) is 0.124. The first-order chi connectivity index (χ1) is 5.61. The van der Waals surface area contributed by atoms with Crippen molar-refractivity contribution >= 4 is 11.6 Å². The summed E-state index contributed by atoms with van der Waals surface area (Å²) in [6.45, 7) is 0. The Morgan fingerprint density at radius 3 is 1.31 bits per heavy atom. The Hall–Kier alpha value is -0.170. The Balaban J connectivity index is 0. The van der Waals surface area contributed by atoms with Gasteiger partial charge in [0.2, 0.25) is 0 Å². The third kappa shape index (κ3) is 5.20. The highest BCUT2D eigenvalue weighted by Crippen LogP contribution is 2.41. The summed E-state index contributed by atoms with van der Waals surface area (Å²) in [5.41, 5.74) is 0. The van der Waals surface area contributed by atoms with Crippen molar-refractivity contribution in [3.05, 3.63) is 0 Å². The van der Waals surface area contributed by atoms with Crippen molar-refractivity contribution in [3.63, 3.8) is 0 Å². The maximum Gasteiger partial charge on any atom is 0.442 e. The van der Waals surface area contributed by atoms with Gasteiger partial charge in [0.25, 0.3) is 6.43 Å². The molecule has 0 radical (unpaired) electrons. The lowest BCUT2D eigenvalue weighted by atomic mass is 10.4. The van der Waals surface area contributed by atoms with Gasteiger partial charge in [-0.3, -0.25) is 0 Å². The summed E-state index contributed by atoms with van der Waals surface area (Å²) in [5.74, 6) is 0. The lowest BCUT2D eigenvalue weighted by Gasteiger charge is -2.19. The first kappa shape index (κ1) is 15.3. The van der Waals surface area contributed by atoms with Crippen molar-refractivity contribution in [2.45, 2.75) is 17.7 Å². The van der Waals surface area contributed by atoms with Crippen molar-refractivity contribution in [2.75, 3.05) is 14.2 Å². The van der Waals surface area contributed by atoms with Gasteiger partial charge in [-0.05, 0) is 0 Å². The predicted molar refractivity (Wildman–Crippen MR) is 34.7 cm³/mol. The number of hydrogen-bond acceptors (Lipinski definition) is 1. The van der Waals surface area contributed by atoms with Gasteiger partial charge >= 0.3 is 11.3 Å². The van der Waals surface area contributed by atoms with E-state index in [-0.39, 0.29) is 0 Å². The minimum absolute atomic E-state index is 1.62. The number of hydrogen-bond donors (Lipinski definition) is 0. The summed E-state index contributed by atoms with van der Waals surface area (Å²) in [7, 11) is 3.25. The smallest absolute Gasteiger partial charge is 0.388 e. The molecular weight excluding hydrogens is 225 g/mol. The van der Waals surface area contributed by atoms with Crippen LogP contribution in [0.1, 0.15) is 0 Å². The van der Waals surface area contributed by atoms with Crippen LogP contribution in [0.5, 0.6) is 0 Å². The van der Waals surface area contributed by atoms with E-state index in [9.17, 15) is 26.3 Å². The van der Waals surface area contributed by atoms with Gasteiger partial charge in [-0.2, -0.15) is 13.2 Å². The fourth-order valence-corrected chi connectivity index (χ4v) is 0.124. The van der Waals surface area contributed by atoms with Crippen molar-refractivity contribution in [2.24, 2.45) is 0 Å². The highest BCUT2D eigenvalue weighted by molar-refractivity contribution is 6.23. The van der Waals surface area contributed by atoms with Gasteiger partial charge in [-0.15, -0.1) is 0 Å². The van der Waals surface area contributed by atoms with E-state index in [4.69, 9.17) is 0 Å². The summed E-state index contributed by atoms with van der Waals surface area (Å²) in [6, 6.07) is 0. The number of rotatable bonds is 1. The zero-order chi connectivity index (χ0) is 11.3. The number of methoxy groups -OCH3 is 1. The van der Waals surface area contributed by atoms with Crippen LogP contribution in [0.25, 0.3) is 0 Å². The van der Waals surface area contributed by atoms with Crippen LogP contribution >= 0.6 is 11.6 Å². The second kappa shape index (κ2) is 5.54. The summed E-state index contributed by atoms with van der Waals surface area (Å²) < 4.78 is 71.3. The van der Waals surface area contributed by atoms with Gasteiger partial charge in [0.1, 0.15) is 0 Å². The molecule has 0 fully saturated rings. The maximum absolute atomic E-state index is 11.6. The normalized spacial score (nSPS) is 16.2. The second-order valence-corrected chi connectivity index (χ2v) is 2.38. The Bertz CT molecular complexity index is 133. The Labute approximate surface area is 75.6 Å². The maximum atomic E-state index is 11.6. The summed E-state index contributed by atoms with van der Waals surface area (Å²) in [5, 5.41) is -4.92. The molecule has 0 heterocycles. The van der Waals surface area contributed by atoms with Crippen LogP contribution in [-0.4, -0.2) is 31.9 Å². The van der Waals surface area contributed by atoms with E-state index in [0.29, 0.717) is 0 Å².